The number of terminal acetylenes is 1. The van der Waals surface area contributed by atoms with E-state index in [0.717, 1.165) is 0 Å². The van der Waals surface area contributed by atoms with Gasteiger partial charge in [0.05, 0.1) is 6.33 Å². The van der Waals surface area contributed by atoms with Crippen LogP contribution in [0.5, 0.6) is 0 Å². The highest BCUT2D eigenvalue weighted by Gasteiger charge is 2.24. The molecule has 0 bridgehead atoms. The molecule has 0 aliphatic carbocycles. The van der Waals surface area contributed by atoms with Crippen molar-refractivity contribution in [2.45, 2.75) is 12.5 Å². The standard InChI is InChI=1S/C17H17N3O5/c1-2-12-3-5-13(6-4-12)16(22)20-15(7-14-8-18-9-19-14)17(23)25-11-24-10-21/h1,3-6,8-9,15,21H,7,10-11H2,(H,18,19)(H,20,22)/t15-/m1/s1. The van der Waals surface area contributed by atoms with Gasteiger partial charge in [0.15, 0.2) is 6.79 Å². The molecule has 8 heteroatoms. The summed E-state index contributed by atoms with van der Waals surface area (Å²) in [4.78, 5) is 31.2. The second kappa shape index (κ2) is 9.22. The van der Waals surface area contributed by atoms with Gasteiger partial charge in [-0.05, 0) is 24.3 Å². The Morgan fingerprint density at radius 1 is 1.36 bits per heavy atom. The third kappa shape index (κ3) is 5.46. The van der Waals surface area contributed by atoms with Gasteiger partial charge in [-0.2, -0.15) is 0 Å². The number of aromatic nitrogens is 2. The molecule has 0 radical (unpaired) electrons. The van der Waals surface area contributed by atoms with Crippen LogP contribution in [0.2, 0.25) is 0 Å². The molecule has 1 heterocycles. The number of nitrogens with one attached hydrogen (secondary N) is 2. The summed E-state index contributed by atoms with van der Waals surface area (Å²) < 4.78 is 9.44. The number of carbonyl (C=O) groups excluding carboxylic acids is 2. The van der Waals surface area contributed by atoms with Gasteiger partial charge < -0.3 is 24.9 Å². The number of aromatic amines is 1. The van der Waals surface area contributed by atoms with Gasteiger partial charge in [0.1, 0.15) is 12.8 Å². The number of amides is 1. The van der Waals surface area contributed by atoms with Crippen molar-refractivity contribution in [3.63, 3.8) is 0 Å². The van der Waals surface area contributed by atoms with Crippen LogP contribution in [0.25, 0.3) is 0 Å². The molecular formula is C17H17N3O5. The van der Waals surface area contributed by atoms with Crippen LogP contribution in [-0.4, -0.2) is 46.6 Å². The minimum Gasteiger partial charge on any atom is -0.437 e. The molecule has 0 aliphatic rings. The first kappa shape index (κ1) is 18.2. The summed E-state index contributed by atoms with van der Waals surface area (Å²) in [5.74, 6) is 1.31. The van der Waals surface area contributed by atoms with Crippen LogP contribution in [0.15, 0.2) is 36.8 Å². The van der Waals surface area contributed by atoms with Crippen LogP contribution in [0.4, 0.5) is 0 Å². The molecule has 0 saturated carbocycles. The third-order valence-corrected chi connectivity index (χ3v) is 3.26. The SMILES string of the molecule is C#Cc1ccc(C(=O)N[C@H](Cc2cnc[nH]2)C(=O)OCOCO)cc1. The summed E-state index contributed by atoms with van der Waals surface area (Å²) in [5.41, 5.74) is 1.65. The molecule has 0 aliphatic heterocycles. The number of aliphatic hydroxyl groups excluding tert-OH is 1. The van der Waals surface area contributed by atoms with Crippen molar-refractivity contribution < 1.29 is 24.2 Å². The van der Waals surface area contributed by atoms with Gasteiger partial charge in [-0.3, -0.25) is 4.79 Å². The smallest absolute Gasteiger partial charge is 0.331 e. The Morgan fingerprint density at radius 3 is 2.72 bits per heavy atom. The van der Waals surface area contributed by atoms with Gasteiger partial charge in [0.25, 0.3) is 5.91 Å². The molecule has 25 heavy (non-hydrogen) atoms. The number of hydrogen-bond donors (Lipinski definition) is 3. The van der Waals surface area contributed by atoms with E-state index in [0.29, 0.717) is 16.8 Å². The first-order valence-electron chi connectivity index (χ1n) is 7.34. The average Bonchev–Trinajstić information content (AvgIpc) is 3.14. The van der Waals surface area contributed by atoms with E-state index >= 15 is 0 Å². The Labute approximate surface area is 144 Å². The number of carbonyl (C=O) groups is 2. The van der Waals surface area contributed by atoms with Gasteiger partial charge in [0.2, 0.25) is 0 Å². The number of aliphatic hydroxyl groups is 1. The highest BCUT2D eigenvalue weighted by Crippen LogP contribution is 2.06. The van der Waals surface area contributed by atoms with E-state index in [1.54, 1.807) is 30.5 Å². The Morgan fingerprint density at radius 2 is 2.12 bits per heavy atom. The third-order valence-electron chi connectivity index (χ3n) is 3.26. The molecule has 0 spiro atoms. The lowest BCUT2D eigenvalue weighted by Crippen LogP contribution is -2.43. The van der Waals surface area contributed by atoms with Crippen molar-refractivity contribution >= 4 is 11.9 Å². The zero-order valence-corrected chi connectivity index (χ0v) is 13.3. The van der Waals surface area contributed by atoms with E-state index < -0.39 is 31.5 Å². The molecule has 3 N–H and O–H groups in total. The molecule has 0 saturated heterocycles. The molecule has 0 fully saturated rings. The summed E-state index contributed by atoms with van der Waals surface area (Å²) in [6.07, 6.45) is 8.44. The number of hydrogen-bond acceptors (Lipinski definition) is 6. The largest absolute Gasteiger partial charge is 0.437 e. The molecule has 1 amide bonds. The maximum atomic E-state index is 12.3. The first-order valence-corrected chi connectivity index (χ1v) is 7.34. The van der Waals surface area contributed by atoms with Crippen molar-refractivity contribution in [1.82, 2.24) is 15.3 Å². The lowest BCUT2D eigenvalue weighted by Gasteiger charge is -2.17. The lowest BCUT2D eigenvalue weighted by molar-refractivity contribution is -0.165. The monoisotopic (exact) mass is 343 g/mol. The van der Waals surface area contributed by atoms with Crippen LogP contribution in [0.1, 0.15) is 21.6 Å². The van der Waals surface area contributed by atoms with E-state index in [2.05, 4.69) is 25.9 Å². The lowest BCUT2D eigenvalue weighted by atomic mass is 10.1. The molecule has 130 valence electrons. The van der Waals surface area contributed by atoms with E-state index in [-0.39, 0.29) is 6.42 Å². The normalized spacial score (nSPS) is 11.4. The predicted molar refractivity (Wildman–Crippen MR) is 87.1 cm³/mol. The average molecular weight is 343 g/mol. The quantitative estimate of drug-likeness (QED) is 0.273. The molecule has 8 nitrogen and oxygen atoms in total. The van der Waals surface area contributed by atoms with Gasteiger partial charge >= 0.3 is 5.97 Å². The fourth-order valence-corrected chi connectivity index (χ4v) is 2.01. The zero-order valence-electron chi connectivity index (χ0n) is 13.3. The second-order valence-electron chi connectivity index (χ2n) is 4.94. The highest BCUT2D eigenvalue weighted by atomic mass is 16.7. The van der Waals surface area contributed by atoms with Crippen LogP contribution < -0.4 is 5.32 Å². The molecular weight excluding hydrogens is 326 g/mol. The Hall–Kier alpha value is -3.15. The molecule has 1 aromatic heterocycles. The molecule has 0 unspecified atom stereocenters. The molecule has 2 rings (SSSR count). The van der Waals surface area contributed by atoms with Crippen molar-refractivity contribution in [2.75, 3.05) is 13.6 Å². The molecule has 2 aromatic rings. The summed E-state index contributed by atoms with van der Waals surface area (Å²) in [6.45, 7) is -0.992. The van der Waals surface area contributed by atoms with E-state index in [9.17, 15) is 9.59 Å². The fourth-order valence-electron chi connectivity index (χ4n) is 2.01. The van der Waals surface area contributed by atoms with Crippen LogP contribution in [-0.2, 0) is 20.7 Å². The predicted octanol–water partition coefficient (Wildman–Crippen LogP) is 0.199. The van der Waals surface area contributed by atoms with Crippen molar-refractivity contribution in [1.29, 1.82) is 0 Å². The maximum Gasteiger partial charge on any atom is 0.331 e. The number of imidazole rings is 1. The van der Waals surface area contributed by atoms with Gasteiger partial charge in [0, 0.05) is 29.4 Å². The number of benzene rings is 1. The number of rotatable bonds is 8. The van der Waals surface area contributed by atoms with E-state index in [4.69, 9.17) is 16.3 Å². The van der Waals surface area contributed by atoms with Crippen LogP contribution >= 0.6 is 0 Å². The number of nitrogens with zero attached hydrogens (tertiary/aromatic N) is 1. The zero-order chi connectivity index (χ0) is 18.1. The fraction of sp³-hybridized carbons (Fsp3) is 0.235. The van der Waals surface area contributed by atoms with Gasteiger partial charge in [-0.25, -0.2) is 9.78 Å². The first-order chi connectivity index (χ1) is 12.1. The molecule has 1 atom stereocenters. The van der Waals surface area contributed by atoms with Gasteiger partial charge in [-0.15, -0.1) is 6.42 Å². The summed E-state index contributed by atoms with van der Waals surface area (Å²) >= 11 is 0. The minimum atomic E-state index is -0.956. The van der Waals surface area contributed by atoms with Crippen molar-refractivity contribution in [2.24, 2.45) is 0 Å². The minimum absolute atomic E-state index is 0.159. The number of H-pyrrole nitrogens is 1. The van der Waals surface area contributed by atoms with E-state index in [1.165, 1.54) is 6.33 Å². The summed E-state index contributed by atoms with van der Waals surface area (Å²) in [5, 5.41) is 11.2. The Kier molecular flexibility index (Phi) is 6.71. The van der Waals surface area contributed by atoms with E-state index in [1.807, 2.05) is 0 Å². The highest BCUT2D eigenvalue weighted by molar-refractivity contribution is 5.96. The van der Waals surface area contributed by atoms with Crippen LogP contribution in [0, 0.1) is 12.3 Å². The molecule has 1 aromatic carbocycles. The maximum absolute atomic E-state index is 12.3. The van der Waals surface area contributed by atoms with Gasteiger partial charge in [-0.1, -0.05) is 5.92 Å². The number of ether oxygens (including phenoxy) is 2. The summed E-state index contributed by atoms with van der Waals surface area (Å²) in [6, 6.07) is 5.44. The number of esters is 1. The van der Waals surface area contributed by atoms with Crippen LogP contribution in [0.3, 0.4) is 0 Å². The summed E-state index contributed by atoms with van der Waals surface area (Å²) in [7, 11) is 0. The van der Waals surface area contributed by atoms with Crippen molar-refractivity contribution in [3.8, 4) is 12.3 Å². The Bertz CT molecular complexity index is 735. The topological polar surface area (TPSA) is 114 Å². The van der Waals surface area contributed by atoms with Crippen molar-refractivity contribution in [3.05, 3.63) is 53.6 Å². The Balaban J connectivity index is 2.06. The second-order valence-corrected chi connectivity index (χ2v) is 4.94.